The summed E-state index contributed by atoms with van der Waals surface area (Å²) < 4.78 is 6.20. The average Bonchev–Trinajstić information content (AvgIpc) is 2.59. The summed E-state index contributed by atoms with van der Waals surface area (Å²) in [6, 6.07) is 11.5. The Morgan fingerprint density at radius 2 is 1.67 bits per heavy atom. The minimum absolute atomic E-state index is 0.0459. The van der Waals surface area contributed by atoms with Gasteiger partial charge in [-0.25, -0.2) is 0 Å². The quantitative estimate of drug-likeness (QED) is 0.538. The molecule has 0 aromatic heterocycles. The molecule has 0 heterocycles. The first-order chi connectivity index (χ1) is 11.5. The molecular weight excluding hydrogens is 372 g/mol. The number of methoxy groups -OCH3 is 1. The molecule has 1 N–H and O–H groups in total. The van der Waals surface area contributed by atoms with Crippen molar-refractivity contribution in [3.8, 4) is 11.5 Å². The Morgan fingerprint density at radius 3 is 2.42 bits per heavy atom. The molecule has 0 fully saturated rings. The van der Waals surface area contributed by atoms with E-state index in [2.05, 4.69) is 15.9 Å². The summed E-state index contributed by atoms with van der Waals surface area (Å²) in [6.45, 7) is 0. The van der Waals surface area contributed by atoms with E-state index >= 15 is 0 Å². The van der Waals surface area contributed by atoms with Crippen LogP contribution in [-0.4, -0.2) is 23.8 Å². The highest BCUT2D eigenvalue weighted by Gasteiger charge is 2.34. The van der Waals surface area contributed by atoms with E-state index in [0.717, 1.165) is 9.86 Å². The molecule has 0 atom stereocenters. The normalized spacial score (nSPS) is 12.9. The van der Waals surface area contributed by atoms with Crippen molar-refractivity contribution in [2.45, 2.75) is 0 Å². The number of fused-ring (bicyclic) bond motifs is 4. The number of hydrogen-bond acceptors (Lipinski definition) is 4. The van der Waals surface area contributed by atoms with E-state index in [9.17, 15) is 14.7 Å². The van der Waals surface area contributed by atoms with Crippen molar-refractivity contribution >= 4 is 38.3 Å². The van der Waals surface area contributed by atoms with Crippen molar-refractivity contribution in [2.24, 2.45) is 0 Å². The summed E-state index contributed by atoms with van der Waals surface area (Å²) in [5, 5.41) is 11.4. The van der Waals surface area contributed by atoms with E-state index in [4.69, 9.17) is 4.74 Å². The van der Waals surface area contributed by atoms with Gasteiger partial charge in [-0.2, -0.15) is 0 Å². The summed E-state index contributed by atoms with van der Waals surface area (Å²) in [4.78, 5) is 25.9. The van der Waals surface area contributed by atoms with Gasteiger partial charge in [0.1, 0.15) is 11.5 Å². The number of rotatable bonds is 1. The maximum atomic E-state index is 13.1. The second-order valence-corrected chi connectivity index (χ2v) is 6.37. The Hall–Kier alpha value is -2.66. The van der Waals surface area contributed by atoms with Crippen LogP contribution in [0.3, 0.4) is 0 Å². The Morgan fingerprint density at radius 1 is 0.917 bits per heavy atom. The lowest BCUT2D eigenvalue weighted by Gasteiger charge is -2.21. The zero-order valence-corrected chi connectivity index (χ0v) is 14.2. The topological polar surface area (TPSA) is 63.6 Å². The molecule has 24 heavy (non-hydrogen) atoms. The lowest BCUT2D eigenvalue weighted by atomic mass is 9.81. The molecular formula is C19H11BrO4. The summed E-state index contributed by atoms with van der Waals surface area (Å²) in [5.74, 6) is -0.341. The van der Waals surface area contributed by atoms with Crippen LogP contribution in [0.5, 0.6) is 11.5 Å². The van der Waals surface area contributed by atoms with Crippen LogP contribution in [0.15, 0.2) is 46.9 Å². The fraction of sp³-hybridized carbons (Fsp3) is 0.0526. The molecule has 4 rings (SSSR count). The van der Waals surface area contributed by atoms with Crippen molar-refractivity contribution in [3.05, 3.63) is 69.2 Å². The van der Waals surface area contributed by atoms with Gasteiger partial charge in [0.25, 0.3) is 0 Å². The van der Waals surface area contributed by atoms with E-state index in [1.54, 1.807) is 30.3 Å². The smallest absolute Gasteiger partial charge is 0.199 e. The number of ether oxygens (including phenoxy) is 1. The predicted molar refractivity (Wildman–Crippen MR) is 93.2 cm³/mol. The molecule has 0 bridgehead atoms. The van der Waals surface area contributed by atoms with Crippen LogP contribution in [0, 0.1) is 0 Å². The average molecular weight is 383 g/mol. The summed E-state index contributed by atoms with van der Waals surface area (Å²) >= 11 is 3.47. The van der Waals surface area contributed by atoms with E-state index in [1.165, 1.54) is 13.2 Å². The van der Waals surface area contributed by atoms with Gasteiger partial charge in [-0.1, -0.05) is 34.1 Å². The Labute approximate surface area is 145 Å². The molecule has 0 radical (unpaired) electrons. The number of phenolic OH excluding ortho intramolecular Hbond substituents is 1. The lowest BCUT2D eigenvalue weighted by Crippen LogP contribution is -2.21. The molecule has 4 nitrogen and oxygen atoms in total. The maximum absolute atomic E-state index is 13.1. The third-order valence-corrected chi connectivity index (χ3v) is 4.99. The Kier molecular flexibility index (Phi) is 3.21. The Balaban J connectivity index is 2.18. The number of phenols is 1. The number of hydrogen-bond donors (Lipinski definition) is 1. The number of ketones is 2. The van der Waals surface area contributed by atoms with E-state index in [0.29, 0.717) is 16.7 Å². The number of aromatic hydroxyl groups is 1. The number of carbonyl (C=O) groups excluding carboxylic acids is 2. The fourth-order valence-electron chi connectivity index (χ4n) is 3.21. The summed E-state index contributed by atoms with van der Waals surface area (Å²) in [6.07, 6.45) is 0. The maximum Gasteiger partial charge on any atom is 0.199 e. The SMILES string of the molecule is COc1ccc(Br)c2ccc3c(c12)C(=O)c1c(O)cccc1C3=O. The third-order valence-electron chi connectivity index (χ3n) is 4.30. The summed E-state index contributed by atoms with van der Waals surface area (Å²) in [5.41, 5.74) is 0.858. The highest BCUT2D eigenvalue weighted by Crippen LogP contribution is 2.41. The van der Waals surface area contributed by atoms with E-state index in [1.807, 2.05) is 6.07 Å². The van der Waals surface area contributed by atoms with Gasteiger partial charge in [0.2, 0.25) is 0 Å². The standard InChI is InChI=1S/C19H11BrO4/c1-24-14-8-7-12(20)9-5-6-11-17(16(9)14)19(23)15-10(18(11)22)3-2-4-13(15)21/h2-8,21H,1H3. The third kappa shape index (κ3) is 1.85. The zero-order valence-electron chi connectivity index (χ0n) is 12.6. The second kappa shape index (κ2) is 5.18. The molecule has 3 aromatic carbocycles. The highest BCUT2D eigenvalue weighted by atomic mass is 79.9. The zero-order chi connectivity index (χ0) is 17.0. The van der Waals surface area contributed by atoms with Crippen molar-refractivity contribution in [3.63, 3.8) is 0 Å². The van der Waals surface area contributed by atoms with Gasteiger partial charge < -0.3 is 9.84 Å². The molecule has 0 saturated heterocycles. The van der Waals surface area contributed by atoms with Crippen molar-refractivity contribution in [2.75, 3.05) is 7.11 Å². The van der Waals surface area contributed by atoms with Crippen LogP contribution in [0.2, 0.25) is 0 Å². The minimum atomic E-state index is -0.375. The largest absolute Gasteiger partial charge is 0.507 e. The van der Waals surface area contributed by atoms with Gasteiger partial charge in [0.05, 0.1) is 12.7 Å². The Bertz CT molecular complexity index is 1050. The molecule has 1 aliphatic rings. The van der Waals surface area contributed by atoms with Crippen LogP contribution in [0.4, 0.5) is 0 Å². The van der Waals surface area contributed by atoms with Crippen LogP contribution in [0.1, 0.15) is 31.8 Å². The van der Waals surface area contributed by atoms with Crippen molar-refractivity contribution in [1.29, 1.82) is 0 Å². The number of benzene rings is 3. The molecule has 0 aliphatic heterocycles. The first-order valence-electron chi connectivity index (χ1n) is 7.25. The van der Waals surface area contributed by atoms with Crippen molar-refractivity contribution in [1.82, 2.24) is 0 Å². The van der Waals surface area contributed by atoms with Gasteiger partial charge in [0, 0.05) is 31.9 Å². The fourth-order valence-corrected chi connectivity index (χ4v) is 3.68. The van der Waals surface area contributed by atoms with Gasteiger partial charge in [-0.3, -0.25) is 9.59 Å². The molecule has 0 unspecified atom stereocenters. The van der Waals surface area contributed by atoms with Crippen LogP contribution in [-0.2, 0) is 0 Å². The highest BCUT2D eigenvalue weighted by molar-refractivity contribution is 9.10. The minimum Gasteiger partial charge on any atom is -0.507 e. The molecule has 118 valence electrons. The summed E-state index contributed by atoms with van der Waals surface area (Å²) in [7, 11) is 1.52. The van der Waals surface area contributed by atoms with Crippen LogP contribution in [0.25, 0.3) is 10.8 Å². The number of halogens is 1. The molecule has 1 aliphatic carbocycles. The first-order valence-corrected chi connectivity index (χ1v) is 8.04. The monoisotopic (exact) mass is 382 g/mol. The molecule has 3 aromatic rings. The molecule has 0 amide bonds. The predicted octanol–water partition coefficient (Wildman–Crippen LogP) is 4.09. The molecule has 5 heteroatoms. The van der Waals surface area contributed by atoms with Gasteiger partial charge >= 0.3 is 0 Å². The van der Waals surface area contributed by atoms with Gasteiger partial charge in [-0.05, 0) is 24.3 Å². The molecule has 0 spiro atoms. The van der Waals surface area contributed by atoms with Crippen LogP contribution >= 0.6 is 15.9 Å². The van der Waals surface area contributed by atoms with Crippen molar-refractivity contribution < 1.29 is 19.4 Å². The van der Waals surface area contributed by atoms with Gasteiger partial charge in [0.15, 0.2) is 11.6 Å². The van der Waals surface area contributed by atoms with Gasteiger partial charge in [-0.15, -0.1) is 0 Å². The van der Waals surface area contributed by atoms with E-state index < -0.39 is 0 Å². The van der Waals surface area contributed by atoms with E-state index in [-0.39, 0.29) is 34.0 Å². The number of carbonyl (C=O) groups is 2. The van der Waals surface area contributed by atoms with Crippen LogP contribution < -0.4 is 4.74 Å². The first kappa shape index (κ1) is 14.9. The molecule has 0 saturated carbocycles. The second-order valence-electron chi connectivity index (χ2n) is 5.52. The lowest BCUT2D eigenvalue weighted by molar-refractivity contribution is 0.0978.